The number of benzene rings is 1. The Kier molecular flexibility index (Phi) is 3.73. The van der Waals surface area contributed by atoms with Crippen molar-refractivity contribution in [3.63, 3.8) is 0 Å². The summed E-state index contributed by atoms with van der Waals surface area (Å²) in [6, 6.07) is 6.35. The fourth-order valence-corrected chi connectivity index (χ4v) is 2.89. The molecule has 1 heterocycles. The van der Waals surface area contributed by atoms with Gasteiger partial charge in [0.1, 0.15) is 0 Å². The molecule has 5 nitrogen and oxygen atoms in total. The first kappa shape index (κ1) is 14.5. The molecular weight excluding hydrogens is 292 g/mol. The Labute approximate surface area is 127 Å². The Morgan fingerprint density at radius 2 is 1.90 bits per heavy atom. The van der Waals surface area contributed by atoms with Gasteiger partial charge in [-0.2, -0.15) is 0 Å². The van der Waals surface area contributed by atoms with Crippen LogP contribution in [0.1, 0.15) is 23.2 Å². The van der Waals surface area contributed by atoms with E-state index in [0.717, 1.165) is 12.8 Å². The molecular formula is C15H17ClN2O3. The zero-order valence-corrected chi connectivity index (χ0v) is 12.3. The molecule has 0 aromatic heterocycles. The molecule has 21 heavy (non-hydrogen) atoms. The highest BCUT2D eigenvalue weighted by Crippen LogP contribution is 2.44. The molecule has 112 valence electrons. The largest absolute Gasteiger partial charge is 0.387 e. The normalized spacial score (nSPS) is 20.7. The fourth-order valence-electron chi connectivity index (χ4n) is 2.76. The van der Waals surface area contributed by atoms with Gasteiger partial charge in [0, 0.05) is 23.7 Å². The first-order valence-electron chi connectivity index (χ1n) is 7.01. The average Bonchev–Trinajstić information content (AvgIpc) is 3.21. The Hall–Kier alpha value is -1.43. The third-order valence-corrected chi connectivity index (χ3v) is 4.31. The van der Waals surface area contributed by atoms with E-state index in [-0.39, 0.29) is 12.5 Å². The van der Waals surface area contributed by atoms with E-state index in [1.165, 1.54) is 0 Å². The Balaban J connectivity index is 1.46. The van der Waals surface area contributed by atoms with Gasteiger partial charge in [-0.25, -0.2) is 0 Å². The molecule has 2 aliphatic rings. The predicted octanol–water partition coefficient (Wildman–Crippen LogP) is 1.05. The Morgan fingerprint density at radius 3 is 2.48 bits per heavy atom. The molecule has 0 bridgehead atoms. The maximum Gasteiger partial charge on any atom is 0.257 e. The third-order valence-electron chi connectivity index (χ3n) is 4.06. The van der Waals surface area contributed by atoms with Crippen LogP contribution < -0.4 is 5.32 Å². The summed E-state index contributed by atoms with van der Waals surface area (Å²) in [5.74, 6) is -0.394. The van der Waals surface area contributed by atoms with Crippen LogP contribution in [0.5, 0.6) is 0 Å². The van der Waals surface area contributed by atoms with E-state index in [1.54, 1.807) is 24.3 Å². The molecule has 6 heteroatoms. The monoisotopic (exact) mass is 308 g/mol. The second-order valence-electron chi connectivity index (χ2n) is 5.91. The minimum absolute atomic E-state index is 0.133. The molecule has 0 radical (unpaired) electrons. The molecule has 2 amide bonds. The van der Waals surface area contributed by atoms with E-state index in [9.17, 15) is 14.7 Å². The number of likely N-dealkylation sites (tertiary alicyclic amines) is 1. The number of amides is 2. The summed E-state index contributed by atoms with van der Waals surface area (Å²) in [5, 5.41) is 13.0. The quantitative estimate of drug-likeness (QED) is 0.872. The van der Waals surface area contributed by atoms with Gasteiger partial charge < -0.3 is 5.11 Å². The highest BCUT2D eigenvalue weighted by molar-refractivity contribution is 6.30. The van der Waals surface area contributed by atoms with Crippen molar-refractivity contribution in [2.45, 2.75) is 18.4 Å². The smallest absolute Gasteiger partial charge is 0.257 e. The van der Waals surface area contributed by atoms with Crippen LogP contribution in [0, 0.1) is 5.92 Å². The van der Waals surface area contributed by atoms with E-state index < -0.39 is 11.5 Å². The van der Waals surface area contributed by atoms with Crippen molar-refractivity contribution in [3.8, 4) is 0 Å². The van der Waals surface area contributed by atoms with Gasteiger partial charge in [-0.3, -0.25) is 19.8 Å². The fraction of sp³-hybridized carbons (Fsp3) is 0.467. The van der Waals surface area contributed by atoms with E-state index in [1.807, 2.05) is 4.90 Å². The Morgan fingerprint density at radius 1 is 1.29 bits per heavy atom. The van der Waals surface area contributed by atoms with Gasteiger partial charge >= 0.3 is 0 Å². The molecule has 3 rings (SSSR count). The van der Waals surface area contributed by atoms with Crippen molar-refractivity contribution in [2.24, 2.45) is 5.92 Å². The molecule has 1 aromatic carbocycles. The molecule has 0 unspecified atom stereocenters. The van der Waals surface area contributed by atoms with Crippen molar-refractivity contribution in [1.82, 2.24) is 10.2 Å². The lowest BCUT2D eigenvalue weighted by molar-refractivity contribution is -0.135. The van der Waals surface area contributed by atoms with Gasteiger partial charge in [0.25, 0.3) is 5.91 Å². The maximum atomic E-state index is 11.9. The molecule has 1 aliphatic heterocycles. The SMILES string of the molecule is O=C(CN1CC(O)(C2CC2)C1)NC(=O)c1ccc(Cl)cc1. The third kappa shape index (κ3) is 3.26. The summed E-state index contributed by atoms with van der Waals surface area (Å²) in [4.78, 5) is 25.5. The summed E-state index contributed by atoms with van der Waals surface area (Å²) < 4.78 is 0. The number of rotatable bonds is 4. The van der Waals surface area contributed by atoms with Crippen LogP contribution >= 0.6 is 11.6 Å². The summed E-state index contributed by atoms with van der Waals surface area (Å²) in [6.45, 7) is 1.16. The maximum absolute atomic E-state index is 11.9. The molecule has 1 aliphatic carbocycles. The molecule has 1 aromatic rings. The lowest BCUT2D eigenvalue weighted by atomic mass is 9.89. The number of imide groups is 1. The number of halogens is 1. The van der Waals surface area contributed by atoms with E-state index in [2.05, 4.69) is 5.32 Å². The van der Waals surface area contributed by atoms with Crippen molar-refractivity contribution >= 4 is 23.4 Å². The van der Waals surface area contributed by atoms with E-state index >= 15 is 0 Å². The van der Waals surface area contributed by atoms with Crippen molar-refractivity contribution in [1.29, 1.82) is 0 Å². The standard InChI is InChI=1S/C15H17ClN2O3/c16-12-5-1-10(2-6-12)14(20)17-13(19)7-18-8-15(21,9-18)11-3-4-11/h1-2,5-6,11,21H,3-4,7-9H2,(H,17,19,20). The van der Waals surface area contributed by atoms with Crippen molar-refractivity contribution < 1.29 is 14.7 Å². The van der Waals surface area contributed by atoms with Crippen LogP contribution in [0.3, 0.4) is 0 Å². The summed E-state index contributed by atoms with van der Waals surface area (Å²) in [5.41, 5.74) is -0.216. The van der Waals surface area contributed by atoms with Crippen LogP contribution in [0.25, 0.3) is 0 Å². The number of hydrogen-bond donors (Lipinski definition) is 2. The number of β-amino-alcohol motifs (C(OH)–C–C–N with tert-alkyl or cyclic N) is 1. The van der Waals surface area contributed by atoms with Crippen molar-refractivity contribution in [2.75, 3.05) is 19.6 Å². The van der Waals surface area contributed by atoms with Gasteiger partial charge in [0.15, 0.2) is 0 Å². The van der Waals surface area contributed by atoms with Crippen molar-refractivity contribution in [3.05, 3.63) is 34.9 Å². The molecule has 1 saturated heterocycles. The number of nitrogens with zero attached hydrogens (tertiary/aromatic N) is 1. The minimum Gasteiger partial charge on any atom is -0.387 e. The van der Waals surface area contributed by atoms with Crippen LogP contribution in [-0.2, 0) is 4.79 Å². The highest BCUT2D eigenvalue weighted by atomic mass is 35.5. The van der Waals surface area contributed by atoms with Gasteiger partial charge in [0.05, 0.1) is 12.1 Å². The number of hydrogen-bond acceptors (Lipinski definition) is 4. The summed E-state index contributed by atoms with van der Waals surface area (Å²) >= 11 is 5.75. The number of aliphatic hydroxyl groups is 1. The van der Waals surface area contributed by atoms with Crippen LogP contribution in [0.2, 0.25) is 5.02 Å². The zero-order chi connectivity index (χ0) is 15.0. The summed E-state index contributed by atoms with van der Waals surface area (Å²) in [7, 11) is 0. The lowest BCUT2D eigenvalue weighted by Gasteiger charge is -2.46. The van der Waals surface area contributed by atoms with E-state index in [4.69, 9.17) is 11.6 Å². The topological polar surface area (TPSA) is 69.6 Å². The summed E-state index contributed by atoms with van der Waals surface area (Å²) in [6.07, 6.45) is 2.15. The Bertz CT molecular complexity index is 563. The van der Waals surface area contributed by atoms with Gasteiger partial charge in [0.2, 0.25) is 5.91 Å². The van der Waals surface area contributed by atoms with Crippen LogP contribution in [0.15, 0.2) is 24.3 Å². The second-order valence-corrected chi connectivity index (χ2v) is 6.34. The molecule has 0 spiro atoms. The van der Waals surface area contributed by atoms with Gasteiger partial charge in [-0.1, -0.05) is 11.6 Å². The molecule has 1 saturated carbocycles. The van der Waals surface area contributed by atoms with Gasteiger partial charge in [-0.15, -0.1) is 0 Å². The number of carbonyl (C=O) groups is 2. The lowest BCUT2D eigenvalue weighted by Crippen LogP contribution is -2.64. The molecule has 2 fully saturated rings. The molecule has 2 N–H and O–H groups in total. The number of nitrogens with one attached hydrogen (secondary N) is 1. The number of carbonyl (C=O) groups excluding carboxylic acids is 2. The predicted molar refractivity (Wildman–Crippen MR) is 78.0 cm³/mol. The van der Waals surface area contributed by atoms with Gasteiger partial charge in [-0.05, 0) is 43.0 Å². The minimum atomic E-state index is -0.611. The average molecular weight is 309 g/mol. The first-order valence-corrected chi connectivity index (χ1v) is 7.38. The first-order chi connectivity index (χ1) is 9.96. The second kappa shape index (κ2) is 5.40. The molecule has 0 atom stereocenters. The zero-order valence-electron chi connectivity index (χ0n) is 11.5. The highest BCUT2D eigenvalue weighted by Gasteiger charge is 2.51. The van der Waals surface area contributed by atoms with Crippen LogP contribution in [-0.4, -0.2) is 47.1 Å². The van der Waals surface area contributed by atoms with E-state index in [0.29, 0.717) is 29.6 Å². The van der Waals surface area contributed by atoms with Crippen LogP contribution in [0.4, 0.5) is 0 Å².